The molecule has 0 heterocycles. The van der Waals surface area contributed by atoms with E-state index in [1.54, 1.807) is 0 Å². The Morgan fingerprint density at radius 1 is 1.50 bits per heavy atom. The topological polar surface area (TPSA) is 55.1 Å². The number of benzene rings is 1. The monoisotopic (exact) mass is 164 g/mol. The molecule has 0 unspecified atom stereocenters. The summed E-state index contributed by atoms with van der Waals surface area (Å²) in [6.07, 6.45) is 0. The molecule has 0 spiro atoms. The highest BCUT2D eigenvalue weighted by atomic mass is 16.2. The molecule has 3 nitrogen and oxygen atoms in total. The third kappa shape index (κ3) is 2.27. The van der Waals surface area contributed by atoms with Crippen LogP contribution in [-0.2, 0) is 6.54 Å². The van der Waals surface area contributed by atoms with Gasteiger partial charge in [0.1, 0.15) is 0 Å². The van der Waals surface area contributed by atoms with Crippen molar-refractivity contribution < 1.29 is 4.79 Å². The fourth-order valence-corrected chi connectivity index (χ4v) is 0.991. The molecule has 0 aromatic heterocycles. The second kappa shape index (κ2) is 3.76. The fraction of sp³-hybridized carbons (Fsp3) is 0.222. The second-order valence-electron chi connectivity index (χ2n) is 2.64. The second-order valence-corrected chi connectivity index (χ2v) is 2.64. The summed E-state index contributed by atoms with van der Waals surface area (Å²) < 4.78 is 0. The molecule has 0 radical (unpaired) electrons. The lowest BCUT2D eigenvalue weighted by Gasteiger charge is -2.04. The summed E-state index contributed by atoms with van der Waals surface area (Å²) in [7, 11) is 0. The Labute approximate surface area is 71.6 Å². The van der Waals surface area contributed by atoms with E-state index in [9.17, 15) is 4.79 Å². The van der Waals surface area contributed by atoms with Crippen LogP contribution in [0.5, 0.6) is 0 Å². The van der Waals surface area contributed by atoms with Gasteiger partial charge in [0.2, 0.25) is 0 Å². The first-order valence-corrected chi connectivity index (χ1v) is 3.78. The highest BCUT2D eigenvalue weighted by Gasteiger charge is 1.96. The molecule has 1 aromatic rings. The molecule has 0 fully saturated rings. The Kier molecular flexibility index (Phi) is 2.69. The number of urea groups is 1. The Bertz CT molecular complexity index is 284. The number of nitrogens with one attached hydrogen (secondary N) is 1. The van der Waals surface area contributed by atoms with Gasteiger partial charge in [0.25, 0.3) is 0 Å². The van der Waals surface area contributed by atoms with Crippen molar-refractivity contribution in [2.45, 2.75) is 13.5 Å². The number of hydrogen-bond acceptors (Lipinski definition) is 1. The highest BCUT2D eigenvalue weighted by molar-refractivity contribution is 5.71. The summed E-state index contributed by atoms with van der Waals surface area (Å²) >= 11 is 0. The SMILES string of the molecule is Cc1ccccc1CNC(N)=O. The Morgan fingerprint density at radius 2 is 2.17 bits per heavy atom. The highest BCUT2D eigenvalue weighted by Crippen LogP contribution is 2.05. The first-order chi connectivity index (χ1) is 5.70. The maximum absolute atomic E-state index is 10.4. The number of carbonyl (C=O) groups is 1. The van der Waals surface area contributed by atoms with Gasteiger partial charge in [0, 0.05) is 6.54 Å². The van der Waals surface area contributed by atoms with E-state index in [0.29, 0.717) is 6.54 Å². The molecular formula is C9H12N2O. The quantitative estimate of drug-likeness (QED) is 0.677. The molecule has 0 atom stereocenters. The van der Waals surface area contributed by atoms with E-state index in [1.165, 1.54) is 0 Å². The maximum atomic E-state index is 10.4. The predicted molar refractivity (Wildman–Crippen MR) is 47.6 cm³/mol. The third-order valence-electron chi connectivity index (χ3n) is 1.71. The van der Waals surface area contributed by atoms with Gasteiger partial charge in [-0.25, -0.2) is 4.79 Å². The molecule has 2 amide bonds. The molecule has 0 aliphatic carbocycles. The minimum absolute atomic E-state index is 0.488. The van der Waals surface area contributed by atoms with E-state index in [2.05, 4.69) is 5.32 Å². The molecule has 1 rings (SSSR count). The van der Waals surface area contributed by atoms with Gasteiger partial charge < -0.3 is 11.1 Å². The number of hydrogen-bond donors (Lipinski definition) is 2. The van der Waals surface area contributed by atoms with Crippen LogP contribution in [0.15, 0.2) is 24.3 Å². The van der Waals surface area contributed by atoms with E-state index in [-0.39, 0.29) is 0 Å². The fourth-order valence-electron chi connectivity index (χ4n) is 0.991. The minimum Gasteiger partial charge on any atom is -0.352 e. The van der Waals surface area contributed by atoms with Crippen LogP contribution in [-0.4, -0.2) is 6.03 Å². The number of aryl methyl sites for hydroxylation is 1. The van der Waals surface area contributed by atoms with Crippen molar-refractivity contribution in [3.8, 4) is 0 Å². The van der Waals surface area contributed by atoms with Gasteiger partial charge in [-0.2, -0.15) is 0 Å². The third-order valence-corrected chi connectivity index (χ3v) is 1.71. The molecule has 0 bridgehead atoms. The molecule has 0 saturated carbocycles. The summed E-state index contributed by atoms with van der Waals surface area (Å²) in [5.74, 6) is 0. The first-order valence-electron chi connectivity index (χ1n) is 3.78. The van der Waals surface area contributed by atoms with Crippen molar-refractivity contribution in [1.29, 1.82) is 0 Å². The van der Waals surface area contributed by atoms with Gasteiger partial charge in [0.15, 0.2) is 0 Å². The zero-order chi connectivity index (χ0) is 8.97. The van der Waals surface area contributed by atoms with Gasteiger partial charge in [-0.15, -0.1) is 0 Å². The number of nitrogens with two attached hydrogens (primary N) is 1. The van der Waals surface area contributed by atoms with Gasteiger partial charge in [0.05, 0.1) is 0 Å². The van der Waals surface area contributed by atoms with Crippen LogP contribution in [0.25, 0.3) is 0 Å². The average Bonchev–Trinajstić information content (AvgIpc) is 2.03. The average molecular weight is 164 g/mol. The molecule has 1 aromatic carbocycles. The van der Waals surface area contributed by atoms with Gasteiger partial charge in [-0.1, -0.05) is 24.3 Å². The Morgan fingerprint density at radius 3 is 2.75 bits per heavy atom. The van der Waals surface area contributed by atoms with Crippen LogP contribution in [0.3, 0.4) is 0 Å². The number of carbonyl (C=O) groups excluding carboxylic acids is 1. The lowest BCUT2D eigenvalue weighted by molar-refractivity contribution is 0.248. The molecule has 3 N–H and O–H groups in total. The van der Waals surface area contributed by atoms with Crippen molar-refractivity contribution in [3.05, 3.63) is 35.4 Å². The normalized spacial score (nSPS) is 9.42. The summed E-state index contributed by atoms with van der Waals surface area (Å²) in [6.45, 7) is 2.50. The lowest BCUT2D eigenvalue weighted by Crippen LogP contribution is -2.28. The first kappa shape index (κ1) is 8.59. The van der Waals surface area contributed by atoms with E-state index in [1.807, 2.05) is 31.2 Å². The van der Waals surface area contributed by atoms with E-state index >= 15 is 0 Å². The zero-order valence-corrected chi connectivity index (χ0v) is 7.00. The number of rotatable bonds is 2. The molecule has 3 heteroatoms. The van der Waals surface area contributed by atoms with Crippen molar-refractivity contribution in [1.82, 2.24) is 5.32 Å². The number of amides is 2. The lowest BCUT2D eigenvalue weighted by atomic mass is 10.1. The number of primary amides is 1. The van der Waals surface area contributed by atoms with Crippen LogP contribution in [0.1, 0.15) is 11.1 Å². The van der Waals surface area contributed by atoms with Crippen LogP contribution >= 0.6 is 0 Å². The molecule has 0 aliphatic rings. The molecule has 0 aliphatic heterocycles. The van der Waals surface area contributed by atoms with E-state index in [0.717, 1.165) is 11.1 Å². The van der Waals surface area contributed by atoms with Gasteiger partial charge >= 0.3 is 6.03 Å². The maximum Gasteiger partial charge on any atom is 0.312 e. The zero-order valence-electron chi connectivity index (χ0n) is 7.00. The van der Waals surface area contributed by atoms with Crippen LogP contribution in [0, 0.1) is 6.92 Å². The standard InChI is InChI=1S/C9H12N2O/c1-7-4-2-3-5-8(7)6-11-9(10)12/h2-5H,6H2,1H3,(H3,10,11,12). The Hall–Kier alpha value is -1.51. The van der Waals surface area contributed by atoms with Crippen molar-refractivity contribution >= 4 is 6.03 Å². The van der Waals surface area contributed by atoms with E-state index in [4.69, 9.17) is 5.73 Å². The van der Waals surface area contributed by atoms with Crippen molar-refractivity contribution in [3.63, 3.8) is 0 Å². The molecule has 64 valence electrons. The summed E-state index contributed by atoms with van der Waals surface area (Å²) in [4.78, 5) is 10.4. The van der Waals surface area contributed by atoms with Crippen LogP contribution in [0.2, 0.25) is 0 Å². The summed E-state index contributed by atoms with van der Waals surface area (Å²) in [5, 5.41) is 2.54. The molecular weight excluding hydrogens is 152 g/mol. The largest absolute Gasteiger partial charge is 0.352 e. The summed E-state index contributed by atoms with van der Waals surface area (Å²) in [6, 6.07) is 7.37. The Balaban J connectivity index is 2.63. The minimum atomic E-state index is -0.488. The van der Waals surface area contributed by atoms with Crippen molar-refractivity contribution in [2.75, 3.05) is 0 Å². The molecule has 12 heavy (non-hydrogen) atoms. The van der Waals surface area contributed by atoms with Gasteiger partial charge in [-0.05, 0) is 18.1 Å². The molecule has 0 saturated heterocycles. The van der Waals surface area contributed by atoms with Gasteiger partial charge in [-0.3, -0.25) is 0 Å². The van der Waals surface area contributed by atoms with Crippen LogP contribution < -0.4 is 11.1 Å². The van der Waals surface area contributed by atoms with Crippen LogP contribution in [0.4, 0.5) is 4.79 Å². The summed E-state index contributed by atoms with van der Waals surface area (Å²) in [5.41, 5.74) is 7.19. The predicted octanol–water partition coefficient (Wildman–Crippen LogP) is 1.16. The smallest absolute Gasteiger partial charge is 0.312 e. The van der Waals surface area contributed by atoms with Crippen molar-refractivity contribution in [2.24, 2.45) is 5.73 Å². The van der Waals surface area contributed by atoms with E-state index < -0.39 is 6.03 Å².